The largest absolute Gasteiger partial charge is 0.493 e. The van der Waals surface area contributed by atoms with Gasteiger partial charge in [-0.1, -0.05) is 18.2 Å². The number of hydrogen-bond donors (Lipinski definition) is 1. The summed E-state index contributed by atoms with van der Waals surface area (Å²) in [6.07, 6.45) is 5.07. The Balaban J connectivity index is 1.57. The molecule has 0 radical (unpaired) electrons. The molecule has 1 aromatic heterocycles. The number of aliphatic carboxylic acids is 1. The lowest BCUT2D eigenvalue weighted by molar-refractivity contribution is -0.137. The molecule has 1 heterocycles. The molecule has 0 unspecified atom stereocenters. The lowest BCUT2D eigenvalue weighted by Crippen LogP contribution is -2.37. The van der Waals surface area contributed by atoms with Crippen LogP contribution >= 0.6 is 0 Å². The van der Waals surface area contributed by atoms with E-state index in [1.165, 1.54) is 0 Å². The second kappa shape index (κ2) is 12.6. The highest BCUT2D eigenvalue weighted by Crippen LogP contribution is 2.26. The predicted molar refractivity (Wildman–Crippen MR) is 133 cm³/mol. The summed E-state index contributed by atoms with van der Waals surface area (Å²) in [6, 6.07) is 19.4. The number of hydrogen-bond acceptors (Lipinski definition) is 4. The van der Waals surface area contributed by atoms with Gasteiger partial charge in [-0.25, -0.2) is 0 Å². The highest BCUT2D eigenvalue weighted by Gasteiger charge is 2.19. The molecule has 0 aliphatic carbocycles. The number of amides is 1. The maximum Gasteiger partial charge on any atom is 0.303 e. The van der Waals surface area contributed by atoms with Gasteiger partial charge in [-0.05, 0) is 87.6 Å². The number of carboxylic acids is 1. The minimum Gasteiger partial charge on any atom is -0.493 e. The van der Waals surface area contributed by atoms with E-state index in [0.717, 1.165) is 41.2 Å². The fourth-order valence-corrected chi connectivity index (χ4v) is 3.91. The maximum atomic E-state index is 13.2. The molecule has 1 amide bonds. The predicted octanol–water partition coefficient (Wildman–Crippen LogP) is 6.34. The summed E-state index contributed by atoms with van der Waals surface area (Å²) in [5, 5.41) is 8.72. The number of carbonyl (C=O) groups is 2. The summed E-state index contributed by atoms with van der Waals surface area (Å²) in [4.78, 5) is 25.6. The van der Waals surface area contributed by atoms with Crippen LogP contribution in [-0.4, -0.2) is 29.6 Å². The van der Waals surface area contributed by atoms with Gasteiger partial charge >= 0.3 is 5.97 Å². The Bertz CT molecular complexity index is 1040. The molecule has 3 rings (SSSR count). The fourth-order valence-electron chi connectivity index (χ4n) is 3.91. The van der Waals surface area contributed by atoms with E-state index in [2.05, 4.69) is 0 Å². The van der Waals surface area contributed by atoms with Crippen molar-refractivity contribution in [3.8, 4) is 17.1 Å². The van der Waals surface area contributed by atoms with Crippen molar-refractivity contribution in [1.82, 2.24) is 0 Å². The first-order chi connectivity index (χ1) is 16.5. The minimum atomic E-state index is -0.764. The van der Waals surface area contributed by atoms with Gasteiger partial charge in [0.05, 0.1) is 12.9 Å². The van der Waals surface area contributed by atoms with Crippen molar-refractivity contribution >= 4 is 17.6 Å². The number of aryl methyl sites for hydroxylation is 1. The van der Waals surface area contributed by atoms with Crippen molar-refractivity contribution in [3.63, 3.8) is 0 Å². The molecule has 34 heavy (non-hydrogen) atoms. The summed E-state index contributed by atoms with van der Waals surface area (Å²) in [7, 11) is 0. The number of benzene rings is 2. The molecule has 0 bridgehead atoms. The monoisotopic (exact) mass is 463 g/mol. The molecule has 0 aliphatic rings. The smallest absolute Gasteiger partial charge is 0.303 e. The Morgan fingerprint density at radius 3 is 2.38 bits per heavy atom. The van der Waals surface area contributed by atoms with Crippen LogP contribution in [0, 0.1) is 0 Å². The lowest BCUT2D eigenvalue weighted by Gasteiger charge is -2.27. The molecule has 180 valence electrons. The van der Waals surface area contributed by atoms with E-state index in [-0.39, 0.29) is 18.4 Å². The maximum absolute atomic E-state index is 13.2. The summed E-state index contributed by atoms with van der Waals surface area (Å²) >= 11 is 0. The topological polar surface area (TPSA) is 80.0 Å². The Morgan fingerprint density at radius 2 is 1.71 bits per heavy atom. The van der Waals surface area contributed by atoms with Gasteiger partial charge in [0.25, 0.3) is 0 Å². The van der Waals surface area contributed by atoms with Crippen LogP contribution in [0.2, 0.25) is 0 Å². The minimum absolute atomic E-state index is 0.0271. The van der Waals surface area contributed by atoms with Crippen LogP contribution in [0.15, 0.2) is 71.3 Å². The molecule has 0 fully saturated rings. The van der Waals surface area contributed by atoms with Gasteiger partial charge < -0.3 is 19.2 Å². The van der Waals surface area contributed by atoms with E-state index in [4.69, 9.17) is 14.3 Å². The van der Waals surface area contributed by atoms with E-state index in [9.17, 15) is 9.59 Å². The fraction of sp³-hybridized carbons (Fsp3) is 0.357. The van der Waals surface area contributed by atoms with Gasteiger partial charge in [-0.3, -0.25) is 9.59 Å². The third-order valence-corrected chi connectivity index (χ3v) is 5.61. The molecule has 0 aliphatic heterocycles. The van der Waals surface area contributed by atoms with E-state index < -0.39 is 5.97 Å². The van der Waals surface area contributed by atoms with Crippen molar-refractivity contribution in [2.75, 3.05) is 11.5 Å². The number of carboxylic acid groups (broad SMARTS) is 1. The zero-order valence-electron chi connectivity index (χ0n) is 19.9. The number of rotatable bonds is 13. The summed E-state index contributed by atoms with van der Waals surface area (Å²) in [6.45, 7) is 4.56. The zero-order chi connectivity index (χ0) is 24.3. The highest BCUT2D eigenvalue weighted by molar-refractivity contribution is 5.94. The molecule has 2 aromatic carbocycles. The highest BCUT2D eigenvalue weighted by atomic mass is 16.5. The van der Waals surface area contributed by atoms with Crippen LogP contribution < -0.4 is 9.64 Å². The molecule has 6 heteroatoms. The second-order valence-corrected chi connectivity index (χ2v) is 8.54. The third kappa shape index (κ3) is 7.24. The Labute approximate surface area is 201 Å². The van der Waals surface area contributed by atoms with Gasteiger partial charge in [0.15, 0.2) is 0 Å². The van der Waals surface area contributed by atoms with Gasteiger partial charge in [-0.15, -0.1) is 0 Å². The Morgan fingerprint density at radius 1 is 0.941 bits per heavy atom. The molecule has 0 saturated heterocycles. The van der Waals surface area contributed by atoms with Crippen LogP contribution in [0.25, 0.3) is 11.3 Å². The van der Waals surface area contributed by atoms with Crippen molar-refractivity contribution in [1.29, 1.82) is 0 Å². The molecule has 0 spiro atoms. The standard InChI is InChI=1S/C28H33NO5/c1-21(2)29(24-16-13-23(14-17-24)26-11-8-20-34-26)27(30)18-15-22-9-5-6-10-25(22)33-19-7-3-4-12-28(31)32/h5-6,8-11,13-14,16-17,20-21H,3-4,7,12,15,18-19H2,1-2H3,(H,31,32). The number of ether oxygens (including phenoxy) is 1. The summed E-state index contributed by atoms with van der Waals surface area (Å²) in [5.74, 6) is 0.879. The molecular formula is C28H33NO5. The molecule has 1 N–H and O–H groups in total. The molecule has 0 atom stereocenters. The van der Waals surface area contributed by atoms with Crippen molar-refractivity contribution in [2.24, 2.45) is 0 Å². The first-order valence-electron chi connectivity index (χ1n) is 11.8. The summed E-state index contributed by atoms with van der Waals surface area (Å²) < 4.78 is 11.4. The number of carbonyl (C=O) groups excluding carboxylic acids is 1. The second-order valence-electron chi connectivity index (χ2n) is 8.54. The number of para-hydroxylation sites is 1. The van der Waals surface area contributed by atoms with Crippen molar-refractivity contribution < 1.29 is 23.8 Å². The number of nitrogens with zero attached hydrogens (tertiary/aromatic N) is 1. The van der Waals surface area contributed by atoms with Gasteiger partial charge in [0.2, 0.25) is 5.91 Å². The molecule has 6 nitrogen and oxygen atoms in total. The van der Waals surface area contributed by atoms with Crippen LogP contribution in [0.3, 0.4) is 0 Å². The van der Waals surface area contributed by atoms with Crippen LogP contribution in [0.5, 0.6) is 5.75 Å². The van der Waals surface area contributed by atoms with E-state index in [0.29, 0.717) is 25.9 Å². The third-order valence-electron chi connectivity index (χ3n) is 5.61. The van der Waals surface area contributed by atoms with Crippen molar-refractivity contribution in [2.45, 2.75) is 58.4 Å². The number of furan rings is 1. The van der Waals surface area contributed by atoms with Crippen LogP contribution in [0.4, 0.5) is 5.69 Å². The van der Waals surface area contributed by atoms with Gasteiger partial charge in [0.1, 0.15) is 11.5 Å². The SMILES string of the molecule is CC(C)N(C(=O)CCc1ccccc1OCCCCCC(=O)O)c1ccc(-c2ccco2)cc1. The Hall–Kier alpha value is -3.54. The van der Waals surface area contributed by atoms with E-state index >= 15 is 0 Å². The Kier molecular flexibility index (Phi) is 9.32. The molecular weight excluding hydrogens is 430 g/mol. The van der Waals surface area contributed by atoms with E-state index in [1.54, 1.807) is 6.26 Å². The first kappa shape index (κ1) is 25.1. The number of anilines is 1. The van der Waals surface area contributed by atoms with Crippen LogP contribution in [-0.2, 0) is 16.0 Å². The number of unbranched alkanes of at least 4 members (excludes halogenated alkanes) is 2. The van der Waals surface area contributed by atoms with E-state index in [1.807, 2.05) is 79.4 Å². The molecule has 0 saturated carbocycles. The molecule has 3 aromatic rings. The zero-order valence-corrected chi connectivity index (χ0v) is 19.9. The summed E-state index contributed by atoms with van der Waals surface area (Å²) in [5.41, 5.74) is 2.83. The normalized spacial score (nSPS) is 10.9. The lowest BCUT2D eigenvalue weighted by atomic mass is 10.1. The average molecular weight is 464 g/mol. The first-order valence-corrected chi connectivity index (χ1v) is 11.8. The quantitative estimate of drug-likeness (QED) is 0.299. The van der Waals surface area contributed by atoms with Crippen molar-refractivity contribution in [3.05, 3.63) is 72.5 Å². The average Bonchev–Trinajstić information content (AvgIpc) is 3.36. The van der Waals surface area contributed by atoms with Gasteiger partial charge in [-0.2, -0.15) is 0 Å². The van der Waals surface area contributed by atoms with Crippen LogP contribution in [0.1, 0.15) is 51.5 Å². The van der Waals surface area contributed by atoms with Gasteiger partial charge in [0, 0.05) is 30.1 Å².